The standard InChI is InChI=1S/C16H24N2O3S/c1-3-22(20,21)18-11-7-10-15(13-18)16(19)17(2)12-14-8-5-4-6-9-14/h4-6,8-9,15H,3,7,10-13H2,1-2H3/t15-/m1/s1. The highest BCUT2D eigenvalue weighted by atomic mass is 32.2. The monoisotopic (exact) mass is 324 g/mol. The van der Waals surface area contributed by atoms with Crippen LogP contribution >= 0.6 is 0 Å². The third-order valence-electron chi connectivity index (χ3n) is 4.13. The molecule has 0 saturated carbocycles. The average molecular weight is 324 g/mol. The fourth-order valence-corrected chi connectivity index (χ4v) is 4.01. The lowest BCUT2D eigenvalue weighted by Gasteiger charge is -2.33. The number of carbonyl (C=O) groups is 1. The highest BCUT2D eigenvalue weighted by molar-refractivity contribution is 7.89. The smallest absolute Gasteiger partial charge is 0.227 e. The molecule has 0 aromatic heterocycles. The first-order chi connectivity index (χ1) is 10.4. The predicted octanol–water partition coefficient (Wildman–Crippen LogP) is 1.71. The molecule has 122 valence electrons. The summed E-state index contributed by atoms with van der Waals surface area (Å²) in [6.07, 6.45) is 1.50. The number of carbonyl (C=O) groups excluding carboxylic acids is 1. The van der Waals surface area contributed by atoms with Crippen molar-refractivity contribution in [1.29, 1.82) is 0 Å². The number of rotatable bonds is 5. The van der Waals surface area contributed by atoms with Crippen molar-refractivity contribution in [2.24, 2.45) is 5.92 Å². The number of piperidine rings is 1. The lowest BCUT2D eigenvalue weighted by molar-refractivity contribution is -0.135. The molecule has 0 aliphatic carbocycles. The van der Waals surface area contributed by atoms with E-state index < -0.39 is 10.0 Å². The molecule has 0 spiro atoms. The van der Waals surface area contributed by atoms with Crippen molar-refractivity contribution in [3.05, 3.63) is 35.9 Å². The Morgan fingerprint density at radius 2 is 2.00 bits per heavy atom. The van der Waals surface area contributed by atoms with Crippen molar-refractivity contribution in [2.75, 3.05) is 25.9 Å². The van der Waals surface area contributed by atoms with E-state index in [1.165, 1.54) is 4.31 Å². The Bertz CT molecular complexity index is 601. The number of benzene rings is 1. The zero-order valence-electron chi connectivity index (χ0n) is 13.2. The molecule has 0 unspecified atom stereocenters. The van der Waals surface area contributed by atoms with E-state index in [0.717, 1.165) is 18.4 Å². The van der Waals surface area contributed by atoms with E-state index in [-0.39, 0.29) is 17.6 Å². The van der Waals surface area contributed by atoms with E-state index >= 15 is 0 Å². The third kappa shape index (κ3) is 4.08. The van der Waals surface area contributed by atoms with E-state index in [9.17, 15) is 13.2 Å². The molecule has 22 heavy (non-hydrogen) atoms. The second kappa shape index (κ2) is 7.24. The van der Waals surface area contributed by atoms with E-state index in [4.69, 9.17) is 0 Å². The van der Waals surface area contributed by atoms with Crippen molar-refractivity contribution in [3.8, 4) is 0 Å². The lowest BCUT2D eigenvalue weighted by atomic mass is 9.98. The quantitative estimate of drug-likeness (QED) is 0.828. The SMILES string of the molecule is CCS(=O)(=O)N1CCC[C@@H](C(=O)N(C)Cc2ccccc2)C1. The Morgan fingerprint density at radius 1 is 1.32 bits per heavy atom. The lowest BCUT2D eigenvalue weighted by Crippen LogP contribution is -2.46. The molecular weight excluding hydrogens is 300 g/mol. The van der Waals surface area contributed by atoms with Crippen LogP contribution in [0.2, 0.25) is 0 Å². The molecule has 6 heteroatoms. The number of sulfonamides is 1. The summed E-state index contributed by atoms with van der Waals surface area (Å²) in [4.78, 5) is 14.3. The summed E-state index contributed by atoms with van der Waals surface area (Å²) < 4.78 is 25.4. The maximum absolute atomic E-state index is 12.6. The van der Waals surface area contributed by atoms with Gasteiger partial charge in [0.25, 0.3) is 0 Å². The summed E-state index contributed by atoms with van der Waals surface area (Å²) in [5, 5.41) is 0. The fraction of sp³-hybridized carbons (Fsp3) is 0.562. The van der Waals surface area contributed by atoms with Gasteiger partial charge in [-0.3, -0.25) is 4.79 Å². The third-order valence-corrected chi connectivity index (χ3v) is 5.98. The van der Waals surface area contributed by atoms with Crippen molar-refractivity contribution < 1.29 is 13.2 Å². The largest absolute Gasteiger partial charge is 0.341 e. The summed E-state index contributed by atoms with van der Waals surface area (Å²) in [6, 6.07) is 9.81. The topological polar surface area (TPSA) is 57.7 Å². The summed E-state index contributed by atoms with van der Waals surface area (Å²) in [5.74, 6) is -0.114. The highest BCUT2D eigenvalue weighted by Crippen LogP contribution is 2.21. The van der Waals surface area contributed by atoms with Crippen LogP contribution < -0.4 is 0 Å². The van der Waals surface area contributed by atoms with Crippen LogP contribution in [0.15, 0.2) is 30.3 Å². The first kappa shape index (κ1) is 17.0. The van der Waals surface area contributed by atoms with Crippen molar-refractivity contribution in [3.63, 3.8) is 0 Å². The Kier molecular flexibility index (Phi) is 5.58. The zero-order valence-corrected chi connectivity index (χ0v) is 14.1. The second-order valence-electron chi connectivity index (χ2n) is 5.78. The number of amides is 1. The van der Waals surface area contributed by atoms with Gasteiger partial charge in [-0.2, -0.15) is 0 Å². The van der Waals surface area contributed by atoms with Gasteiger partial charge in [-0.05, 0) is 25.3 Å². The molecule has 1 aliphatic rings. The maximum Gasteiger partial charge on any atom is 0.227 e. The number of hydrogen-bond donors (Lipinski definition) is 0. The van der Waals surface area contributed by atoms with Crippen LogP contribution in [-0.2, 0) is 21.4 Å². The van der Waals surface area contributed by atoms with Crippen molar-refractivity contribution in [1.82, 2.24) is 9.21 Å². The van der Waals surface area contributed by atoms with Gasteiger partial charge in [0.15, 0.2) is 0 Å². The molecule has 0 N–H and O–H groups in total. The van der Waals surface area contributed by atoms with Gasteiger partial charge in [0.05, 0.1) is 11.7 Å². The molecule has 1 saturated heterocycles. The Morgan fingerprint density at radius 3 is 2.64 bits per heavy atom. The van der Waals surface area contributed by atoms with E-state index in [0.29, 0.717) is 19.6 Å². The van der Waals surface area contributed by atoms with Gasteiger partial charge >= 0.3 is 0 Å². The van der Waals surface area contributed by atoms with Gasteiger partial charge in [-0.1, -0.05) is 30.3 Å². The van der Waals surface area contributed by atoms with E-state index in [2.05, 4.69) is 0 Å². The molecule has 1 fully saturated rings. The minimum atomic E-state index is -3.21. The normalized spacial score (nSPS) is 19.8. The summed E-state index contributed by atoms with van der Waals surface area (Å²) >= 11 is 0. The molecule has 1 aliphatic heterocycles. The molecular formula is C16H24N2O3S. The van der Waals surface area contributed by atoms with Crippen LogP contribution in [0.3, 0.4) is 0 Å². The maximum atomic E-state index is 12.6. The van der Waals surface area contributed by atoms with Gasteiger partial charge < -0.3 is 4.90 Å². The minimum absolute atomic E-state index is 0.0276. The molecule has 1 atom stereocenters. The van der Waals surface area contributed by atoms with E-state index in [1.807, 2.05) is 30.3 Å². The molecule has 2 rings (SSSR count). The number of hydrogen-bond acceptors (Lipinski definition) is 3. The summed E-state index contributed by atoms with van der Waals surface area (Å²) in [7, 11) is -1.43. The van der Waals surface area contributed by atoms with E-state index in [1.54, 1.807) is 18.9 Å². The fourth-order valence-electron chi connectivity index (χ4n) is 2.83. The minimum Gasteiger partial charge on any atom is -0.341 e. The Hall–Kier alpha value is -1.40. The Balaban J connectivity index is 1.99. The van der Waals surface area contributed by atoms with Gasteiger partial charge in [-0.25, -0.2) is 12.7 Å². The number of nitrogens with zero attached hydrogens (tertiary/aromatic N) is 2. The summed E-state index contributed by atoms with van der Waals surface area (Å²) in [5.41, 5.74) is 1.08. The summed E-state index contributed by atoms with van der Waals surface area (Å²) in [6.45, 7) is 3.04. The molecule has 1 amide bonds. The van der Waals surface area contributed by atoms with Crippen molar-refractivity contribution >= 4 is 15.9 Å². The molecule has 1 aromatic carbocycles. The van der Waals surface area contributed by atoms with Gasteiger partial charge in [0, 0.05) is 26.7 Å². The zero-order chi connectivity index (χ0) is 16.2. The van der Waals surface area contributed by atoms with Crippen LogP contribution in [0.5, 0.6) is 0 Å². The van der Waals surface area contributed by atoms with Gasteiger partial charge in [0.2, 0.25) is 15.9 Å². The molecule has 0 radical (unpaired) electrons. The predicted molar refractivity (Wildman–Crippen MR) is 86.7 cm³/mol. The average Bonchev–Trinajstić information content (AvgIpc) is 2.55. The highest BCUT2D eigenvalue weighted by Gasteiger charge is 2.32. The molecule has 1 heterocycles. The van der Waals surface area contributed by atoms with Crippen molar-refractivity contribution in [2.45, 2.75) is 26.3 Å². The Labute approximate surface area is 133 Å². The molecule has 0 bridgehead atoms. The van der Waals surface area contributed by atoms with Crippen LogP contribution in [0.25, 0.3) is 0 Å². The van der Waals surface area contributed by atoms with Crippen LogP contribution in [0.4, 0.5) is 0 Å². The van der Waals surface area contributed by atoms with Crippen LogP contribution in [0.1, 0.15) is 25.3 Å². The van der Waals surface area contributed by atoms with Crippen LogP contribution in [-0.4, -0.2) is 49.4 Å². The molecule has 5 nitrogen and oxygen atoms in total. The second-order valence-corrected chi connectivity index (χ2v) is 8.04. The van der Waals surface area contributed by atoms with Gasteiger partial charge in [-0.15, -0.1) is 0 Å². The first-order valence-electron chi connectivity index (χ1n) is 7.70. The first-order valence-corrected chi connectivity index (χ1v) is 9.31. The molecule has 1 aromatic rings. The van der Waals surface area contributed by atoms with Crippen LogP contribution in [0, 0.1) is 5.92 Å². The van der Waals surface area contributed by atoms with Gasteiger partial charge in [0.1, 0.15) is 0 Å².